The summed E-state index contributed by atoms with van der Waals surface area (Å²) in [5.41, 5.74) is -0.283. The van der Waals surface area contributed by atoms with E-state index in [1.54, 1.807) is 6.92 Å². The third-order valence-electron chi connectivity index (χ3n) is 5.86. The molecule has 0 radical (unpaired) electrons. The SMILES string of the molecule is CCOC(=O)C1CCN(c2nc3c(c(=O)[nH]2)[C@@H](C(=O)Nc2ccc(F)c(Cl)c2)CC(=O)N3)CC1. The second-order valence-electron chi connectivity index (χ2n) is 8.09. The Labute approximate surface area is 198 Å². The summed E-state index contributed by atoms with van der Waals surface area (Å²) in [6, 6.07) is 3.67. The summed E-state index contributed by atoms with van der Waals surface area (Å²) >= 11 is 5.76. The number of anilines is 3. The van der Waals surface area contributed by atoms with Crippen LogP contribution < -0.4 is 21.1 Å². The Balaban J connectivity index is 1.54. The number of rotatable bonds is 5. The van der Waals surface area contributed by atoms with Gasteiger partial charge in [-0.2, -0.15) is 4.98 Å². The minimum absolute atomic E-state index is 0.0137. The van der Waals surface area contributed by atoms with Gasteiger partial charge in [-0.15, -0.1) is 0 Å². The van der Waals surface area contributed by atoms with Gasteiger partial charge in [0.2, 0.25) is 17.8 Å². The summed E-state index contributed by atoms with van der Waals surface area (Å²) in [6.07, 6.45) is 0.831. The summed E-state index contributed by atoms with van der Waals surface area (Å²) in [7, 11) is 0. The van der Waals surface area contributed by atoms with Gasteiger partial charge >= 0.3 is 5.97 Å². The molecule has 0 unspecified atom stereocenters. The van der Waals surface area contributed by atoms with Gasteiger partial charge in [0.1, 0.15) is 11.6 Å². The number of carbonyl (C=O) groups excluding carboxylic acids is 3. The van der Waals surface area contributed by atoms with Crippen LogP contribution in [0.5, 0.6) is 0 Å². The number of halogens is 2. The van der Waals surface area contributed by atoms with Crippen molar-refractivity contribution in [2.75, 3.05) is 35.2 Å². The van der Waals surface area contributed by atoms with Crippen LogP contribution in [-0.2, 0) is 19.1 Å². The van der Waals surface area contributed by atoms with Crippen LogP contribution in [0, 0.1) is 11.7 Å². The molecule has 2 amide bonds. The molecule has 180 valence electrons. The summed E-state index contributed by atoms with van der Waals surface area (Å²) in [4.78, 5) is 59.0. The number of benzene rings is 1. The minimum Gasteiger partial charge on any atom is -0.466 e. The van der Waals surface area contributed by atoms with E-state index in [0.717, 1.165) is 6.07 Å². The number of nitrogens with one attached hydrogen (secondary N) is 3. The number of hydrogen-bond donors (Lipinski definition) is 3. The van der Waals surface area contributed by atoms with Gasteiger partial charge in [0.25, 0.3) is 5.56 Å². The number of piperidine rings is 1. The van der Waals surface area contributed by atoms with Gasteiger partial charge < -0.3 is 20.3 Å². The smallest absolute Gasteiger partial charge is 0.309 e. The molecule has 0 saturated carbocycles. The second kappa shape index (κ2) is 9.80. The molecule has 1 aromatic carbocycles. The lowest BCUT2D eigenvalue weighted by atomic mass is 9.92. The molecule has 2 aliphatic rings. The number of aromatic amines is 1. The average molecular weight is 492 g/mol. The van der Waals surface area contributed by atoms with Crippen molar-refractivity contribution in [2.24, 2.45) is 5.92 Å². The first-order chi connectivity index (χ1) is 16.3. The number of fused-ring (bicyclic) bond motifs is 1. The Kier molecular flexibility index (Phi) is 6.82. The van der Waals surface area contributed by atoms with Crippen LogP contribution in [0.15, 0.2) is 23.0 Å². The van der Waals surface area contributed by atoms with Gasteiger partial charge in [0.05, 0.1) is 29.0 Å². The summed E-state index contributed by atoms with van der Waals surface area (Å²) < 4.78 is 18.5. The molecule has 1 aromatic heterocycles. The van der Waals surface area contributed by atoms with Crippen LogP contribution in [0.3, 0.4) is 0 Å². The van der Waals surface area contributed by atoms with E-state index >= 15 is 0 Å². The maximum atomic E-state index is 13.4. The van der Waals surface area contributed by atoms with E-state index in [0.29, 0.717) is 32.5 Å². The Bertz CT molecular complexity index is 1190. The maximum absolute atomic E-state index is 13.4. The lowest BCUT2D eigenvalue weighted by Crippen LogP contribution is -2.41. The fraction of sp³-hybridized carbons (Fsp3) is 0.409. The van der Waals surface area contributed by atoms with E-state index in [1.807, 2.05) is 4.90 Å². The van der Waals surface area contributed by atoms with Gasteiger partial charge in [-0.25, -0.2) is 4.39 Å². The van der Waals surface area contributed by atoms with Crippen LogP contribution in [0.1, 0.15) is 37.7 Å². The molecule has 0 bridgehead atoms. The first kappa shape index (κ1) is 23.7. The van der Waals surface area contributed by atoms with Crippen molar-refractivity contribution in [3.8, 4) is 0 Å². The van der Waals surface area contributed by atoms with Gasteiger partial charge in [0, 0.05) is 25.2 Å². The monoisotopic (exact) mass is 491 g/mol. The van der Waals surface area contributed by atoms with E-state index < -0.39 is 29.1 Å². The molecular weight excluding hydrogens is 469 g/mol. The lowest BCUT2D eigenvalue weighted by molar-refractivity contribution is -0.148. The van der Waals surface area contributed by atoms with Crippen molar-refractivity contribution in [3.05, 3.63) is 45.0 Å². The number of carbonyl (C=O) groups is 3. The Hall–Kier alpha value is -3.47. The highest BCUT2D eigenvalue weighted by Gasteiger charge is 2.36. The average Bonchev–Trinajstić information content (AvgIpc) is 2.80. The Morgan fingerprint density at radius 1 is 1.29 bits per heavy atom. The standard InChI is InChI=1S/C22H23ClFN5O5/c1-2-34-21(33)11-5-7-29(8-6-11)22-27-18-17(20(32)28-22)13(10-16(30)26-18)19(31)25-12-3-4-15(24)14(23)9-12/h3-4,9,11,13H,2,5-8,10H2,1H3,(H,25,31)(H2,26,27,28,30,32)/t13-/m0/s1. The number of aromatic nitrogens is 2. The second-order valence-corrected chi connectivity index (χ2v) is 8.50. The number of H-pyrrole nitrogens is 1. The lowest BCUT2D eigenvalue weighted by Gasteiger charge is -2.32. The van der Waals surface area contributed by atoms with Crippen LogP contribution in [0.25, 0.3) is 0 Å². The highest BCUT2D eigenvalue weighted by Crippen LogP contribution is 2.31. The third-order valence-corrected chi connectivity index (χ3v) is 6.15. The fourth-order valence-electron chi connectivity index (χ4n) is 4.12. The number of esters is 1. The molecule has 1 atom stereocenters. The molecule has 4 rings (SSSR count). The number of ether oxygens (including phenoxy) is 1. The Morgan fingerprint density at radius 3 is 2.71 bits per heavy atom. The van der Waals surface area contributed by atoms with Crippen LogP contribution in [-0.4, -0.2) is 47.4 Å². The zero-order chi connectivity index (χ0) is 24.4. The van der Waals surface area contributed by atoms with Crippen LogP contribution in [0.4, 0.5) is 21.8 Å². The molecule has 1 fully saturated rings. The molecule has 34 heavy (non-hydrogen) atoms. The first-order valence-corrected chi connectivity index (χ1v) is 11.3. The number of amides is 2. The molecule has 10 nitrogen and oxygen atoms in total. The van der Waals surface area contributed by atoms with E-state index in [2.05, 4.69) is 20.6 Å². The molecule has 3 N–H and O–H groups in total. The Morgan fingerprint density at radius 2 is 2.03 bits per heavy atom. The van der Waals surface area contributed by atoms with Crippen molar-refractivity contribution >= 4 is 46.8 Å². The molecule has 3 heterocycles. The van der Waals surface area contributed by atoms with E-state index in [4.69, 9.17) is 16.3 Å². The predicted octanol–water partition coefficient (Wildman–Crippen LogP) is 2.41. The third kappa shape index (κ3) is 4.89. The summed E-state index contributed by atoms with van der Waals surface area (Å²) in [5, 5.41) is 4.96. The van der Waals surface area contributed by atoms with Crippen LogP contribution in [0.2, 0.25) is 5.02 Å². The predicted molar refractivity (Wildman–Crippen MR) is 122 cm³/mol. The molecule has 2 aliphatic heterocycles. The highest BCUT2D eigenvalue weighted by atomic mass is 35.5. The van der Waals surface area contributed by atoms with E-state index in [9.17, 15) is 23.6 Å². The minimum atomic E-state index is -1.09. The zero-order valence-corrected chi connectivity index (χ0v) is 19.1. The van der Waals surface area contributed by atoms with Crippen molar-refractivity contribution in [1.82, 2.24) is 9.97 Å². The van der Waals surface area contributed by atoms with Gasteiger partial charge in [0.15, 0.2) is 0 Å². The van der Waals surface area contributed by atoms with Crippen LogP contribution >= 0.6 is 11.6 Å². The molecule has 2 aromatic rings. The van der Waals surface area contributed by atoms with Crippen molar-refractivity contribution < 1.29 is 23.5 Å². The van der Waals surface area contributed by atoms with Crippen molar-refractivity contribution in [2.45, 2.75) is 32.1 Å². The molecule has 0 aliphatic carbocycles. The molecule has 0 spiro atoms. The van der Waals surface area contributed by atoms with Gasteiger partial charge in [-0.1, -0.05) is 11.6 Å². The maximum Gasteiger partial charge on any atom is 0.309 e. The topological polar surface area (TPSA) is 133 Å². The molecular formula is C22H23ClFN5O5. The summed E-state index contributed by atoms with van der Waals surface area (Å²) in [6.45, 7) is 3.01. The zero-order valence-electron chi connectivity index (χ0n) is 18.3. The normalized spacial score (nSPS) is 18.1. The van der Waals surface area contributed by atoms with E-state index in [1.165, 1.54) is 12.1 Å². The first-order valence-electron chi connectivity index (χ1n) is 10.9. The largest absolute Gasteiger partial charge is 0.466 e. The van der Waals surface area contributed by atoms with E-state index in [-0.39, 0.29) is 46.3 Å². The number of hydrogen-bond acceptors (Lipinski definition) is 7. The highest BCUT2D eigenvalue weighted by molar-refractivity contribution is 6.31. The van der Waals surface area contributed by atoms with Crippen molar-refractivity contribution in [3.63, 3.8) is 0 Å². The fourth-order valence-corrected chi connectivity index (χ4v) is 4.30. The number of nitrogens with zero attached hydrogens (tertiary/aromatic N) is 2. The summed E-state index contributed by atoms with van der Waals surface area (Å²) in [5.74, 6) is -3.00. The van der Waals surface area contributed by atoms with Gasteiger partial charge in [-0.3, -0.25) is 24.2 Å². The molecule has 12 heteroatoms. The van der Waals surface area contributed by atoms with Crippen molar-refractivity contribution in [1.29, 1.82) is 0 Å². The quantitative estimate of drug-likeness (QED) is 0.547. The molecule has 1 saturated heterocycles. The van der Waals surface area contributed by atoms with Gasteiger partial charge in [-0.05, 0) is 38.0 Å².